The van der Waals surface area contributed by atoms with E-state index in [1.807, 2.05) is 11.8 Å². The summed E-state index contributed by atoms with van der Waals surface area (Å²) in [6.45, 7) is 2.00. The fourth-order valence-electron chi connectivity index (χ4n) is 2.56. The van der Waals surface area contributed by atoms with Crippen LogP contribution in [0.2, 0.25) is 0 Å². The Hall–Kier alpha value is -1.26. The van der Waals surface area contributed by atoms with Gasteiger partial charge < -0.3 is 10.2 Å². The number of fused-ring (bicyclic) bond motifs is 2. The molecule has 1 aliphatic heterocycles. The van der Waals surface area contributed by atoms with Gasteiger partial charge in [-0.05, 0) is 38.8 Å². The summed E-state index contributed by atoms with van der Waals surface area (Å²) >= 11 is 1.95. The summed E-state index contributed by atoms with van der Waals surface area (Å²) in [6, 6.07) is 8.46. The molecule has 1 N–H and O–H groups in total. The fourth-order valence-corrected chi connectivity index (χ4v) is 3.70. The maximum Gasteiger partial charge on any atom is 0.0726 e. The molecular formula is C16H21N3S. The summed E-state index contributed by atoms with van der Waals surface area (Å²) in [6.07, 6.45) is 2.34. The Labute approximate surface area is 124 Å². The quantitative estimate of drug-likeness (QED) is 0.934. The van der Waals surface area contributed by atoms with E-state index in [1.165, 1.54) is 33.8 Å². The molecule has 106 valence electrons. The number of hydrogen-bond acceptors (Lipinski definition) is 4. The van der Waals surface area contributed by atoms with Crippen LogP contribution >= 0.6 is 11.8 Å². The largest absolute Gasteiger partial charge is 0.382 e. The first-order chi connectivity index (χ1) is 9.75. The average Bonchev–Trinajstić information content (AvgIpc) is 2.46. The molecule has 3 nitrogen and oxygen atoms in total. The molecule has 20 heavy (non-hydrogen) atoms. The first-order valence-corrected chi connectivity index (χ1v) is 8.17. The second kappa shape index (κ2) is 6.02. The van der Waals surface area contributed by atoms with Crippen LogP contribution in [0.5, 0.6) is 0 Å². The van der Waals surface area contributed by atoms with Gasteiger partial charge in [-0.2, -0.15) is 0 Å². The predicted octanol–water partition coefficient (Wildman–Crippen LogP) is 3.25. The minimum absolute atomic E-state index is 0.966. The number of likely N-dealkylation sites (N-methyl/N-ethyl adjacent to an activating group) is 1. The van der Waals surface area contributed by atoms with Crippen molar-refractivity contribution in [2.24, 2.45) is 0 Å². The molecule has 0 fully saturated rings. The second-order valence-electron chi connectivity index (χ2n) is 5.46. The molecule has 0 amide bonds. The molecule has 1 aromatic carbocycles. The second-order valence-corrected chi connectivity index (χ2v) is 6.57. The molecule has 1 aliphatic rings. The molecule has 3 rings (SSSR count). The van der Waals surface area contributed by atoms with Crippen molar-refractivity contribution < 1.29 is 0 Å². The number of aromatic nitrogens is 1. The molecule has 0 saturated heterocycles. The fraction of sp³-hybridized carbons (Fsp3) is 0.438. The Morgan fingerprint density at radius 1 is 1.30 bits per heavy atom. The van der Waals surface area contributed by atoms with E-state index in [1.54, 1.807) is 0 Å². The molecule has 2 aromatic rings. The van der Waals surface area contributed by atoms with Crippen molar-refractivity contribution in [3.05, 3.63) is 30.0 Å². The van der Waals surface area contributed by atoms with Crippen LogP contribution in [0, 0.1) is 0 Å². The SMILES string of the molecule is CN(C)CCNc1c2c(nc3ccccc13)CCCS2. The number of hydrogen-bond donors (Lipinski definition) is 1. The highest BCUT2D eigenvalue weighted by Gasteiger charge is 2.18. The van der Waals surface area contributed by atoms with Crippen LogP contribution in [-0.2, 0) is 6.42 Å². The van der Waals surface area contributed by atoms with Gasteiger partial charge in [0.05, 0.1) is 21.8 Å². The lowest BCUT2D eigenvalue weighted by atomic mass is 10.1. The van der Waals surface area contributed by atoms with Crippen molar-refractivity contribution in [2.75, 3.05) is 38.3 Å². The van der Waals surface area contributed by atoms with Crippen molar-refractivity contribution in [3.8, 4) is 0 Å². The van der Waals surface area contributed by atoms with Gasteiger partial charge in [-0.1, -0.05) is 18.2 Å². The van der Waals surface area contributed by atoms with Crippen LogP contribution in [0.4, 0.5) is 5.69 Å². The smallest absolute Gasteiger partial charge is 0.0726 e. The highest BCUT2D eigenvalue weighted by Crippen LogP contribution is 2.39. The van der Waals surface area contributed by atoms with Crippen molar-refractivity contribution in [3.63, 3.8) is 0 Å². The van der Waals surface area contributed by atoms with E-state index in [0.29, 0.717) is 0 Å². The molecule has 2 heterocycles. The van der Waals surface area contributed by atoms with Crippen molar-refractivity contribution in [1.82, 2.24) is 9.88 Å². The zero-order valence-corrected chi connectivity index (χ0v) is 13.0. The molecule has 0 spiro atoms. The number of thioether (sulfide) groups is 1. The standard InChI is InChI=1S/C16H21N3S/c1-19(2)10-9-17-15-12-6-3-4-7-13(12)18-14-8-5-11-20-16(14)15/h3-4,6-7H,5,8-11H2,1-2H3,(H,17,18). The molecule has 0 bridgehead atoms. The molecule has 0 saturated carbocycles. The lowest BCUT2D eigenvalue weighted by Crippen LogP contribution is -2.21. The minimum atomic E-state index is 0.966. The van der Waals surface area contributed by atoms with Crippen LogP contribution in [0.3, 0.4) is 0 Å². The summed E-state index contributed by atoms with van der Waals surface area (Å²) in [5, 5.41) is 4.89. The summed E-state index contributed by atoms with van der Waals surface area (Å²) in [5.41, 5.74) is 3.67. The van der Waals surface area contributed by atoms with Gasteiger partial charge in [0, 0.05) is 18.5 Å². The number of rotatable bonds is 4. The number of nitrogens with one attached hydrogen (secondary N) is 1. The van der Waals surface area contributed by atoms with E-state index in [0.717, 1.165) is 25.0 Å². The average molecular weight is 287 g/mol. The monoisotopic (exact) mass is 287 g/mol. The number of benzene rings is 1. The Kier molecular flexibility index (Phi) is 4.13. The molecular weight excluding hydrogens is 266 g/mol. The number of pyridine rings is 1. The van der Waals surface area contributed by atoms with E-state index in [4.69, 9.17) is 4.98 Å². The zero-order chi connectivity index (χ0) is 13.9. The van der Waals surface area contributed by atoms with Crippen LogP contribution < -0.4 is 5.32 Å². The van der Waals surface area contributed by atoms with E-state index in [2.05, 4.69) is 48.6 Å². The summed E-state index contributed by atoms with van der Waals surface area (Å²) in [7, 11) is 4.22. The Morgan fingerprint density at radius 3 is 3.00 bits per heavy atom. The number of nitrogens with zero attached hydrogens (tertiary/aromatic N) is 2. The summed E-state index contributed by atoms with van der Waals surface area (Å²) < 4.78 is 0. The van der Waals surface area contributed by atoms with Crippen molar-refractivity contribution in [2.45, 2.75) is 17.7 Å². The van der Waals surface area contributed by atoms with E-state index >= 15 is 0 Å². The first-order valence-electron chi connectivity index (χ1n) is 7.19. The van der Waals surface area contributed by atoms with Gasteiger partial charge in [0.2, 0.25) is 0 Å². The normalized spacial score (nSPS) is 14.6. The first kappa shape index (κ1) is 13.7. The van der Waals surface area contributed by atoms with Gasteiger partial charge in [-0.15, -0.1) is 11.8 Å². The topological polar surface area (TPSA) is 28.2 Å². The van der Waals surface area contributed by atoms with Gasteiger partial charge >= 0.3 is 0 Å². The molecule has 0 unspecified atom stereocenters. The van der Waals surface area contributed by atoms with Crippen molar-refractivity contribution >= 4 is 28.4 Å². The highest BCUT2D eigenvalue weighted by molar-refractivity contribution is 7.99. The van der Waals surface area contributed by atoms with E-state index in [9.17, 15) is 0 Å². The lowest BCUT2D eigenvalue weighted by molar-refractivity contribution is 0.425. The minimum Gasteiger partial charge on any atom is -0.382 e. The summed E-state index contributed by atoms with van der Waals surface area (Å²) in [5.74, 6) is 1.20. The Balaban J connectivity index is 2.01. The molecule has 1 aromatic heterocycles. The zero-order valence-electron chi connectivity index (χ0n) is 12.1. The van der Waals surface area contributed by atoms with Crippen LogP contribution in [0.15, 0.2) is 29.2 Å². The van der Waals surface area contributed by atoms with Gasteiger partial charge in [0.15, 0.2) is 0 Å². The molecule has 4 heteroatoms. The molecule has 0 atom stereocenters. The maximum absolute atomic E-state index is 4.85. The van der Waals surface area contributed by atoms with Gasteiger partial charge in [0.25, 0.3) is 0 Å². The van der Waals surface area contributed by atoms with Gasteiger partial charge in [0.1, 0.15) is 0 Å². The molecule has 0 aliphatic carbocycles. The van der Waals surface area contributed by atoms with E-state index < -0.39 is 0 Å². The van der Waals surface area contributed by atoms with E-state index in [-0.39, 0.29) is 0 Å². The van der Waals surface area contributed by atoms with Crippen molar-refractivity contribution in [1.29, 1.82) is 0 Å². The third-order valence-electron chi connectivity index (χ3n) is 3.58. The maximum atomic E-state index is 4.85. The lowest BCUT2D eigenvalue weighted by Gasteiger charge is -2.21. The van der Waals surface area contributed by atoms with Gasteiger partial charge in [-0.3, -0.25) is 4.98 Å². The predicted molar refractivity (Wildman–Crippen MR) is 87.8 cm³/mol. The summed E-state index contributed by atoms with van der Waals surface area (Å²) in [4.78, 5) is 8.42. The number of aryl methyl sites for hydroxylation is 1. The van der Waals surface area contributed by atoms with Crippen LogP contribution in [0.25, 0.3) is 10.9 Å². The van der Waals surface area contributed by atoms with Gasteiger partial charge in [-0.25, -0.2) is 0 Å². The molecule has 0 radical (unpaired) electrons. The third kappa shape index (κ3) is 2.76. The Bertz CT molecular complexity index is 610. The Morgan fingerprint density at radius 2 is 2.15 bits per heavy atom. The van der Waals surface area contributed by atoms with Crippen LogP contribution in [-0.4, -0.2) is 42.8 Å². The number of anilines is 1. The third-order valence-corrected chi connectivity index (χ3v) is 4.80. The highest BCUT2D eigenvalue weighted by atomic mass is 32.2. The number of para-hydroxylation sites is 1. The van der Waals surface area contributed by atoms with Crippen LogP contribution in [0.1, 0.15) is 12.1 Å².